The Balaban J connectivity index is 2.16. The zero-order valence-corrected chi connectivity index (χ0v) is 10.1. The Labute approximate surface area is 109 Å². The van der Waals surface area contributed by atoms with Gasteiger partial charge in [-0.3, -0.25) is 9.36 Å². The molecule has 4 heteroatoms. The molecule has 18 heavy (non-hydrogen) atoms. The van der Waals surface area contributed by atoms with Gasteiger partial charge in [-0.05, 0) is 24.3 Å². The van der Waals surface area contributed by atoms with Gasteiger partial charge in [-0.25, -0.2) is 4.98 Å². The maximum absolute atomic E-state index is 12.4. The Morgan fingerprint density at radius 1 is 1.06 bits per heavy atom. The molecule has 0 N–H and O–H groups in total. The Bertz CT molecular complexity index is 733. The molecule has 0 unspecified atom stereocenters. The molecule has 0 fully saturated rings. The molecule has 3 rings (SSSR count). The van der Waals surface area contributed by atoms with Crippen molar-refractivity contribution in [1.29, 1.82) is 0 Å². The van der Waals surface area contributed by atoms with Crippen molar-refractivity contribution < 1.29 is 4.79 Å². The fraction of sp³-hybridized carbons (Fsp3) is 0. The van der Waals surface area contributed by atoms with Crippen molar-refractivity contribution in [3.8, 4) is 0 Å². The number of benzene rings is 2. The molecule has 2 aromatic carbocycles. The lowest BCUT2D eigenvalue weighted by molar-refractivity contribution is 0.0964. The van der Waals surface area contributed by atoms with Gasteiger partial charge in [0.25, 0.3) is 5.91 Å². The summed E-state index contributed by atoms with van der Waals surface area (Å²) in [5, 5.41) is 0.445. The Hall–Kier alpha value is -2.13. The van der Waals surface area contributed by atoms with Crippen LogP contribution in [0.5, 0.6) is 0 Å². The van der Waals surface area contributed by atoms with Crippen LogP contribution < -0.4 is 0 Å². The number of aromatic nitrogens is 2. The summed E-state index contributed by atoms with van der Waals surface area (Å²) in [6.07, 6.45) is 1.52. The summed E-state index contributed by atoms with van der Waals surface area (Å²) in [5.41, 5.74) is 2.04. The molecule has 1 aromatic heterocycles. The van der Waals surface area contributed by atoms with Gasteiger partial charge in [0.05, 0.1) is 21.6 Å². The molecule has 3 nitrogen and oxygen atoms in total. The number of imidazole rings is 1. The number of rotatable bonds is 1. The molecule has 0 bridgehead atoms. The van der Waals surface area contributed by atoms with Gasteiger partial charge >= 0.3 is 0 Å². The Morgan fingerprint density at radius 2 is 1.78 bits per heavy atom. The summed E-state index contributed by atoms with van der Waals surface area (Å²) in [4.78, 5) is 16.6. The number of hydrogen-bond donors (Lipinski definition) is 0. The quantitative estimate of drug-likeness (QED) is 0.669. The minimum atomic E-state index is -0.172. The second-order valence-corrected chi connectivity index (χ2v) is 4.30. The van der Waals surface area contributed by atoms with E-state index in [2.05, 4.69) is 4.98 Å². The van der Waals surface area contributed by atoms with Crippen LogP contribution in [0.4, 0.5) is 0 Å². The molecule has 1 heterocycles. The monoisotopic (exact) mass is 256 g/mol. The van der Waals surface area contributed by atoms with E-state index in [0.717, 1.165) is 11.0 Å². The molecule has 0 aliphatic rings. The van der Waals surface area contributed by atoms with Crippen LogP contribution in [0.1, 0.15) is 10.4 Å². The van der Waals surface area contributed by atoms with E-state index >= 15 is 0 Å². The smallest absolute Gasteiger partial charge is 0.265 e. The molecule has 0 saturated heterocycles. The van der Waals surface area contributed by atoms with Crippen molar-refractivity contribution in [2.24, 2.45) is 0 Å². The average Bonchev–Trinajstić information content (AvgIpc) is 2.82. The van der Waals surface area contributed by atoms with E-state index in [4.69, 9.17) is 11.6 Å². The maximum Gasteiger partial charge on any atom is 0.265 e. The lowest BCUT2D eigenvalue weighted by atomic mass is 10.2. The highest BCUT2D eigenvalue weighted by Gasteiger charge is 2.14. The Morgan fingerprint density at radius 3 is 2.61 bits per heavy atom. The van der Waals surface area contributed by atoms with Crippen LogP contribution in [-0.2, 0) is 0 Å². The van der Waals surface area contributed by atoms with Crippen LogP contribution in [0.3, 0.4) is 0 Å². The van der Waals surface area contributed by atoms with Crippen LogP contribution >= 0.6 is 11.6 Å². The van der Waals surface area contributed by atoms with E-state index in [0.29, 0.717) is 10.6 Å². The number of halogens is 1. The van der Waals surface area contributed by atoms with Crippen LogP contribution in [0.15, 0.2) is 54.9 Å². The van der Waals surface area contributed by atoms with Gasteiger partial charge in [-0.2, -0.15) is 0 Å². The first-order valence-electron chi connectivity index (χ1n) is 5.49. The number of carbonyl (C=O) groups is 1. The van der Waals surface area contributed by atoms with Gasteiger partial charge in [0.15, 0.2) is 0 Å². The van der Waals surface area contributed by atoms with Crippen molar-refractivity contribution in [3.63, 3.8) is 0 Å². The minimum absolute atomic E-state index is 0.172. The standard InChI is InChI=1S/C14H9ClN2O/c15-11-6-2-1-5-10(11)14(18)17-9-16-12-7-3-4-8-13(12)17/h1-9H. The van der Waals surface area contributed by atoms with E-state index in [1.807, 2.05) is 24.3 Å². The number of para-hydroxylation sites is 2. The highest BCUT2D eigenvalue weighted by molar-refractivity contribution is 6.34. The van der Waals surface area contributed by atoms with Gasteiger partial charge < -0.3 is 0 Å². The molecule has 0 saturated carbocycles. The third-order valence-electron chi connectivity index (χ3n) is 2.78. The predicted octanol–water partition coefficient (Wildman–Crippen LogP) is 3.38. The van der Waals surface area contributed by atoms with Crippen molar-refractivity contribution >= 4 is 28.5 Å². The number of fused-ring (bicyclic) bond motifs is 1. The number of hydrogen-bond acceptors (Lipinski definition) is 2. The lowest BCUT2D eigenvalue weighted by Gasteiger charge is -2.04. The van der Waals surface area contributed by atoms with Gasteiger partial charge in [-0.1, -0.05) is 35.9 Å². The second-order valence-electron chi connectivity index (χ2n) is 3.89. The highest BCUT2D eigenvalue weighted by atomic mass is 35.5. The van der Waals surface area contributed by atoms with Crippen molar-refractivity contribution in [2.75, 3.05) is 0 Å². The van der Waals surface area contributed by atoms with E-state index in [9.17, 15) is 4.79 Å². The predicted molar refractivity (Wildman–Crippen MR) is 70.9 cm³/mol. The molecule has 0 aliphatic carbocycles. The average molecular weight is 257 g/mol. The van der Waals surface area contributed by atoms with Gasteiger partial charge in [0, 0.05) is 0 Å². The molecule has 0 atom stereocenters. The molecular weight excluding hydrogens is 248 g/mol. The summed E-state index contributed by atoms with van der Waals surface area (Å²) in [5.74, 6) is -0.172. The zero-order valence-electron chi connectivity index (χ0n) is 9.38. The summed E-state index contributed by atoms with van der Waals surface area (Å²) in [6, 6.07) is 14.5. The molecule has 3 aromatic rings. The highest BCUT2D eigenvalue weighted by Crippen LogP contribution is 2.19. The van der Waals surface area contributed by atoms with Crippen LogP contribution in [0, 0.1) is 0 Å². The fourth-order valence-electron chi connectivity index (χ4n) is 1.89. The van der Waals surface area contributed by atoms with Crippen molar-refractivity contribution in [3.05, 3.63) is 65.4 Å². The van der Waals surface area contributed by atoms with Gasteiger partial charge in [0.1, 0.15) is 6.33 Å². The zero-order chi connectivity index (χ0) is 12.5. The van der Waals surface area contributed by atoms with Crippen molar-refractivity contribution in [1.82, 2.24) is 9.55 Å². The summed E-state index contributed by atoms with van der Waals surface area (Å²) in [7, 11) is 0. The first-order valence-corrected chi connectivity index (χ1v) is 5.86. The topological polar surface area (TPSA) is 34.9 Å². The normalized spacial score (nSPS) is 10.7. The first kappa shape index (κ1) is 11.0. The molecule has 0 spiro atoms. The fourth-order valence-corrected chi connectivity index (χ4v) is 2.10. The third kappa shape index (κ3) is 1.69. The molecule has 0 aliphatic heterocycles. The van der Waals surface area contributed by atoms with Crippen molar-refractivity contribution in [2.45, 2.75) is 0 Å². The number of nitrogens with zero attached hydrogens (tertiary/aromatic N) is 2. The van der Waals surface area contributed by atoms with E-state index in [1.54, 1.807) is 24.3 Å². The second kappa shape index (κ2) is 4.27. The third-order valence-corrected chi connectivity index (χ3v) is 3.11. The van der Waals surface area contributed by atoms with Gasteiger partial charge in [-0.15, -0.1) is 0 Å². The molecule has 0 radical (unpaired) electrons. The summed E-state index contributed by atoms with van der Waals surface area (Å²) >= 11 is 6.03. The molecular formula is C14H9ClN2O. The number of carbonyl (C=O) groups excluding carboxylic acids is 1. The molecule has 0 amide bonds. The lowest BCUT2D eigenvalue weighted by Crippen LogP contribution is -2.11. The largest absolute Gasteiger partial charge is 0.268 e. The van der Waals surface area contributed by atoms with E-state index < -0.39 is 0 Å². The Kier molecular flexibility index (Phi) is 2.61. The van der Waals surface area contributed by atoms with Crippen LogP contribution in [0.25, 0.3) is 11.0 Å². The van der Waals surface area contributed by atoms with Crippen LogP contribution in [0.2, 0.25) is 5.02 Å². The maximum atomic E-state index is 12.4. The summed E-state index contributed by atoms with van der Waals surface area (Å²) < 4.78 is 1.51. The summed E-state index contributed by atoms with van der Waals surface area (Å²) in [6.45, 7) is 0. The van der Waals surface area contributed by atoms with Crippen LogP contribution in [-0.4, -0.2) is 15.5 Å². The molecule has 88 valence electrons. The first-order chi connectivity index (χ1) is 8.77. The minimum Gasteiger partial charge on any atom is -0.268 e. The van der Waals surface area contributed by atoms with E-state index in [1.165, 1.54) is 10.9 Å². The van der Waals surface area contributed by atoms with Gasteiger partial charge in [0.2, 0.25) is 0 Å². The van der Waals surface area contributed by atoms with E-state index in [-0.39, 0.29) is 5.91 Å². The SMILES string of the molecule is O=C(c1ccccc1Cl)n1cnc2ccccc21.